The summed E-state index contributed by atoms with van der Waals surface area (Å²) in [6, 6.07) is 5.64. The number of rotatable bonds is 0. The van der Waals surface area contributed by atoms with Crippen molar-refractivity contribution in [2.24, 2.45) is 16.7 Å². The molecule has 4 nitrogen and oxygen atoms in total. The lowest BCUT2D eigenvalue weighted by Crippen LogP contribution is -2.60. The van der Waals surface area contributed by atoms with Crippen LogP contribution in [-0.2, 0) is 9.59 Å². The lowest BCUT2D eigenvalue weighted by atomic mass is 9.46. The van der Waals surface area contributed by atoms with Gasteiger partial charge in [-0.15, -0.1) is 0 Å². The number of aryl methyl sites for hydroxylation is 1. The van der Waals surface area contributed by atoms with Gasteiger partial charge in [0.25, 0.3) is 0 Å². The number of imide groups is 1. The third-order valence-electron chi connectivity index (χ3n) is 5.74. The van der Waals surface area contributed by atoms with Crippen LogP contribution in [0.15, 0.2) is 18.2 Å². The van der Waals surface area contributed by atoms with Gasteiger partial charge in [0, 0.05) is 5.41 Å². The zero-order valence-corrected chi connectivity index (χ0v) is 11.9. The van der Waals surface area contributed by atoms with Crippen molar-refractivity contribution < 1.29 is 14.3 Å². The molecule has 1 saturated heterocycles. The van der Waals surface area contributed by atoms with Crippen molar-refractivity contribution in [3.05, 3.63) is 23.8 Å². The monoisotopic (exact) mass is 271 g/mol. The molecule has 1 aromatic carbocycles. The minimum atomic E-state index is -0.607. The molecule has 0 radical (unpaired) electrons. The summed E-state index contributed by atoms with van der Waals surface area (Å²) in [6.07, 6.45) is 0.734. The van der Waals surface area contributed by atoms with E-state index in [0.29, 0.717) is 18.0 Å². The highest BCUT2D eigenvalue weighted by molar-refractivity contribution is 6.26. The van der Waals surface area contributed by atoms with Crippen molar-refractivity contribution in [1.29, 1.82) is 0 Å². The maximum absolute atomic E-state index is 12.9. The average molecular weight is 271 g/mol. The van der Waals surface area contributed by atoms with Crippen molar-refractivity contribution in [3.63, 3.8) is 0 Å². The van der Waals surface area contributed by atoms with E-state index in [-0.39, 0.29) is 23.1 Å². The Balaban J connectivity index is 2.00. The van der Waals surface area contributed by atoms with Crippen LogP contribution in [0.25, 0.3) is 0 Å². The normalized spacial score (nSPS) is 37.8. The Morgan fingerprint density at radius 2 is 2.05 bits per heavy atom. The molecule has 20 heavy (non-hydrogen) atoms. The SMILES string of the molecule is Cc1cccc2c1N1C(=O)C3CC(C)(CO2)C3(C)C1=O. The summed E-state index contributed by atoms with van der Waals surface area (Å²) in [4.78, 5) is 26.9. The molecule has 0 aromatic heterocycles. The minimum Gasteiger partial charge on any atom is -0.491 e. The summed E-state index contributed by atoms with van der Waals surface area (Å²) in [7, 11) is 0. The molecule has 2 heterocycles. The molecular weight excluding hydrogens is 254 g/mol. The maximum atomic E-state index is 12.9. The number of hydrogen-bond acceptors (Lipinski definition) is 3. The Hall–Kier alpha value is -1.84. The van der Waals surface area contributed by atoms with E-state index in [9.17, 15) is 9.59 Å². The Morgan fingerprint density at radius 1 is 1.30 bits per heavy atom. The highest BCUT2D eigenvalue weighted by Crippen LogP contribution is 2.66. The third kappa shape index (κ3) is 1.03. The lowest BCUT2D eigenvalue weighted by molar-refractivity contribution is -0.164. The first-order valence-corrected chi connectivity index (χ1v) is 7.01. The van der Waals surface area contributed by atoms with E-state index in [1.807, 2.05) is 32.0 Å². The van der Waals surface area contributed by atoms with Gasteiger partial charge in [0.15, 0.2) is 0 Å². The molecule has 104 valence electrons. The molecule has 1 aromatic rings. The van der Waals surface area contributed by atoms with E-state index in [4.69, 9.17) is 4.74 Å². The van der Waals surface area contributed by atoms with E-state index in [2.05, 4.69) is 6.92 Å². The van der Waals surface area contributed by atoms with Gasteiger partial charge in [0.05, 0.1) is 23.6 Å². The Labute approximate surface area is 117 Å². The number of anilines is 1. The van der Waals surface area contributed by atoms with E-state index in [1.165, 1.54) is 4.90 Å². The molecule has 4 rings (SSSR count). The first-order valence-electron chi connectivity index (χ1n) is 7.01. The first kappa shape index (κ1) is 11.9. The second-order valence-electron chi connectivity index (χ2n) is 6.71. The van der Waals surface area contributed by atoms with Gasteiger partial charge in [0.2, 0.25) is 11.8 Å². The van der Waals surface area contributed by atoms with Crippen LogP contribution in [-0.4, -0.2) is 18.4 Å². The lowest BCUT2D eigenvalue weighted by Gasteiger charge is -2.55. The number of carbonyl (C=O) groups excluding carboxylic acids is 2. The zero-order valence-electron chi connectivity index (χ0n) is 11.9. The van der Waals surface area contributed by atoms with Gasteiger partial charge >= 0.3 is 0 Å². The smallest absolute Gasteiger partial charge is 0.241 e. The Morgan fingerprint density at radius 3 is 2.80 bits per heavy atom. The molecule has 2 amide bonds. The van der Waals surface area contributed by atoms with E-state index < -0.39 is 5.41 Å². The van der Waals surface area contributed by atoms with Gasteiger partial charge in [-0.2, -0.15) is 0 Å². The Bertz CT molecular complexity index is 668. The van der Waals surface area contributed by atoms with Gasteiger partial charge in [-0.1, -0.05) is 19.1 Å². The third-order valence-corrected chi connectivity index (χ3v) is 5.74. The summed E-state index contributed by atoms with van der Waals surface area (Å²) in [5.41, 5.74) is 0.683. The molecule has 0 N–H and O–H groups in total. The fourth-order valence-corrected chi connectivity index (χ4v) is 4.08. The molecule has 2 bridgehead atoms. The van der Waals surface area contributed by atoms with Crippen LogP contribution in [0.5, 0.6) is 5.75 Å². The van der Waals surface area contributed by atoms with Crippen LogP contribution in [0.1, 0.15) is 25.8 Å². The summed E-state index contributed by atoms with van der Waals surface area (Å²) in [5.74, 6) is 0.341. The molecule has 2 fully saturated rings. The molecule has 3 unspecified atom stereocenters. The number of amides is 2. The standard InChI is InChI=1S/C16H17NO3/c1-9-5-4-6-11-12(9)17-13(18)10-7-15(2,8-20-11)16(10,3)14(17)19/h4-6,10H,7-8H2,1-3H3. The maximum Gasteiger partial charge on any atom is 0.241 e. The molecule has 3 aliphatic rings. The zero-order chi connectivity index (χ0) is 14.3. The van der Waals surface area contributed by atoms with Crippen LogP contribution in [0.2, 0.25) is 0 Å². The first-order chi connectivity index (χ1) is 9.40. The summed E-state index contributed by atoms with van der Waals surface area (Å²) >= 11 is 0. The van der Waals surface area contributed by atoms with Crippen molar-refractivity contribution in [2.45, 2.75) is 27.2 Å². The van der Waals surface area contributed by atoms with Gasteiger partial charge in [-0.05, 0) is 31.9 Å². The topological polar surface area (TPSA) is 46.6 Å². The molecule has 1 saturated carbocycles. The van der Waals surface area contributed by atoms with Crippen LogP contribution >= 0.6 is 0 Å². The summed E-state index contributed by atoms with van der Waals surface area (Å²) in [6.45, 7) is 6.38. The van der Waals surface area contributed by atoms with Crippen LogP contribution in [0, 0.1) is 23.7 Å². The van der Waals surface area contributed by atoms with E-state index in [1.54, 1.807) is 0 Å². The van der Waals surface area contributed by atoms with Gasteiger partial charge in [-0.25, -0.2) is 4.90 Å². The highest BCUT2D eigenvalue weighted by Gasteiger charge is 2.74. The van der Waals surface area contributed by atoms with Crippen molar-refractivity contribution in [3.8, 4) is 5.75 Å². The summed E-state index contributed by atoms with van der Waals surface area (Å²) < 4.78 is 5.96. The van der Waals surface area contributed by atoms with Crippen molar-refractivity contribution in [1.82, 2.24) is 0 Å². The van der Waals surface area contributed by atoms with Crippen LogP contribution in [0.4, 0.5) is 5.69 Å². The van der Waals surface area contributed by atoms with E-state index in [0.717, 1.165) is 12.0 Å². The number of para-hydroxylation sites is 1. The molecule has 2 aliphatic heterocycles. The average Bonchev–Trinajstić information content (AvgIpc) is 2.61. The quantitative estimate of drug-likeness (QED) is 0.680. The van der Waals surface area contributed by atoms with E-state index >= 15 is 0 Å². The second kappa shape index (κ2) is 3.25. The van der Waals surface area contributed by atoms with Gasteiger partial charge < -0.3 is 4.74 Å². The van der Waals surface area contributed by atoms with Crippen LogP contribution in [0.3, 0.4) is 0 Å². The fourth-order valence-electron chi connectivity index (χ4n) is 4.08. The number of ether oxygens (including phenoxy) is 1. The highest BCUT2D eigenvalue weighted by atomic mass is 16.5. The molecular formula is C16H17NO3. The van der Waals surface area contributed by atoms with Crippen molar-refractivity contribution >= 4 is 17.5 Å². The van der Waals surface area contributed by atoms with Gasteiger partial charge in [0.1, 0.15) is 5.75 Å². The minimum absolute atomic E-state index is 0.0555. The number of benzene rings is 1. The van der Waals surface area contributed by atoms with Gasteiger partial charge in [-0.3, -0.25) is 9.59 Å². The van der Waals surface area contributed by atoms with Crippen LogP contribution < -0.4 is 9.64 Å². The molecule has 0 spiro atoms. The number of fused-ring (bicyclic) bond motifs is 3. The molecule has 4 heteroatoms. The molecule has 3 atom stereocenters. The number of nitrogens with zero attached hydrogens (tertiary/aromatic N) is 1. The summed E-state index contributed by atoms with van der Waals surface area (Å²) in [5, 5.41) is 0. The predicted octanol–water partition coefficient (Wildman–Crippen LogP) is 2.29. The Kier molecular flexibility index (Phi) is 1.94. The number of hydrogen-bond donors (Lipinski definition) is 0. The molecule has 1 aliphatic carbocycles. The number of carbonyl (C=O) groups is 2. The largest absolute Gasteiger partial charge is 0.491 e. The second-order valence-corrected chi connectivity index (χ2v) is 6.71. The fraction of sp³-hybridized carbons (Fsp3) is 0.500. The van der Waals surface area contributed by atoms with Crippen molar-refractivity contribution in [2.75, 3.05) is 11.5 Å². The predicted molar refractivity (Wildman–Crippen MR) is 73.5 cm³/mol.